The van der Waals surface area contributed by atoms with Crippen LogP contribution in [0.2, 0.25) is 0 Å². The Morgan fingerprint density at radius 3 is 3.00 bits per heavy atom. The summed E-state index contributed by atoms with van der Waals surface area (Å²) in [4.78, 5) is 4.19. The maximum absolute atomic E-state index is 5.41. The molecule has 0 aliphatic heterocycles. The number of rotatable bonds is 3. The summed E-state index contributed by atoms with van der Waals surface area (Å²) in [6.07, 6.45) is 3.92. The van der Waals surface area contributed by atoms with Crippen LogP contribution >= 0.6 is 0 Å². The molecule has 2 N–H and O–H groups in total. The van der Waals surface area contributed by atoms with Crippen molar-refractivity contribution in [1.82, 2.24) is 4.98 Å². The topological polar surface area (TPSA) is 38.9 Å². The zero-order chi connectivity index (χ0) is 8.10. The second kappa shape index (κ2) is 4.09. The predicted octanol–water partition coefficient (Wildman–Crippen LogP) is 1.28. The lowest BCUT2D eigenvalue weighted by Gasteiger charge is -2.01. The summed E-state index contributed by atoms with van der Waals surface area (Å²) in [6, 6.07) is 4.08. The van der Waals surface area contributed by atoms with Gasteiger partial charge in [0.2, 0.25) is 0 Å². The Hall–Kier alpha value is -0.890. The van der Waals surface area contributed by atoms with Gasteiger partial charge in [-0.2, -0.15) is 0 Å². The Kier molecular flexibility index (Phi) is 3.05. The fraction of sp³-hybridized carbons (Fsp3) is 0.444. The Bertz CT molecular complexity index is 221. The Balaban J connectivity index is 2.62. The molecule has 0 saturated heterocycles. The van der Waals surface area contributed by atoms with Crippen molar-refractivity contribution in [3.05, 3.63) is 29.6 Å². The molecule has 2 nitrogen and oxygen atoms in total. The maximum atomic E-state index is 5.41. The van der Waals surface area contributed by atoms with Gasteiger partial charge in [0.1, 0.15) is 0 Å². The molecule has 0 unspecified atom stereocenters. The largest absolute Gasteiger partial charge is 0.330 e. The van der Waals surface area contributed by atoms with Crippen LogP contribution in [0.5, 0.6) is 0 Å². The lowest BCUT2D eigenvalue weighted by molar-refractivity contribution is 0.821. The van der Waals surface area contributed by atoms with Gasteiger partial charge in [-0.05, 0) is 37.9 Å². The second-order valence-corrected chi connectivity index (χ2v) is 2.64. The first-order valence-electron chi connectivity index (χ1n) is 3.95. The molecule has 0 atom stereocenters. The number of nitrogens with two attached hydrogens (primary N) is 1. The number of hydrogen-bond donors (Lipinski definition) is 1. The van der Waals surface area contributed by atoms with Crippen molar-refractivity contribution in [3.8, 4) is 0 Å². The normalized spacial score (nSPS) is 10.0. The van der Waals surface area contributed by atoms with Crippen LogP contribution in [0.15, 0.2) is 18.3 Å². The molecule has 1 rings (SSSR count). The quantitative estimate of drug-likeness (QED) is 0.705. The summed E-state index contributed by atoms with van der Waals surface area (Å²) >= 11 is 0. The SMILES string of the molecule is Cc1ncccc1CCCN. The minimum atomic E-state index is 0.758. The van der Waals surface area contributed by atoms with E-state index in [1.807, 2.05) is 19.2 Å². The third-order valence-electron chi connectivity index (χ3n) is 1.77. The van der Waals surface area contributed by atoms with E-state index in [2.05, 4.69) is 11.1 Å². The third kappa shape index (κ3) is 2.31. The van der Waals surface area contributed by atoms with Crippen LogP contribution in [0.4, 0.5) is 0 Å². The Morgan fingerprint density at radius 1 is 1.55 bits per heavy atom. The van der Waals surface area contributed by atoms with Crippen molar-refractivity contribution in [2.24, 2.45) is 5.73 Å². The van der Waals surface area contributed by atoms with Crippen molar-refractivity contribution < 1.29 is 0 Å². The first-order valence-corrected chi connectivity index (χ1v) is 3.95. The van der Waals surface area contributed by atoms with E-state index in [0.29, 0.717) is 0 Å². The summed E-state index contributed by atoms with van der Waals surface area (Å²) < 4.78 is 0. The standard InChI is InChI=1S/C9H14N2/c1-8-9(4-2-6-10)5-3-7-11-8/h3,5,7H,2,4,6,10H2,1H3. The summed E-state index contributed by atoms with van der Waals surface area (Å²) in [5.41, 5.74) is 7.85. The average Bonchev–Trinajstić information content (AvgIpc) is 2.03. The van der Waals surface area contributed by atoms with E-state index in [4.69, 9.17) is 5.73 Å². The highest BCUT2D eigenvalue weighted by molar-refractivity contribution is 5.18. The van der Waals surface area contributed by atoms with Gasteiger partial charge < -0.3 is 5.73 Å². The van der Waals surface area contributed by atoms with Gasteiger partial charge in [0.05, 0.1) is 0 Å². The fourth-order valence-electron chi connectivity index (χ4n) is 1.07. The van der Waals surface area contributed by atoms with Crippen LogP contribution < -0.4 is 5.73 Å². The van der Waals surface area contributed by atoms with Crippen LogP contribution in [0, 0.1) is 6.92 Å². The summed E-state index contributed by atoms with van der Waals surface area (Å²) in [7, 11) is 0. The lowest BCUT2D eigenvalue weighted by Crippen LogP contribution is -2.01. The van der Waals surface area contributed by atoms with E-state index in [1.165, 1.54) is 5.56 Å². The fourth-order valence-corrected chi connectivity index (χ4v) is 1.07. The van der Waals surface area contributed by atoms with Crippen LogP contribution in [0.3, 0.4) is 0 Å². The molecular formula is C9H14N2. The Morgan fingerprint density at radius 2 is 2.36 bits per heavy atom. The summed E-state index contributed by atoms with van der Waals surface area (Å²) in [5, 5.41) is 0. The number of pyridine rings is 1. The van der Waals surface area contributed by atoms with Crippen molar-refractivity contribution >= 4 is 0 Å². The number of nitrogens with zero attached hydrogens (tertiary/aromatic N) is 1. The minimum Gasteiger partial charge on any atom is -0.330 e. The zero-order valence-electron chi connectivity index (χ0n) is 6.88. The molecule has 0 amide bonds. The molecule has 60 valence electrons. The molecule has 1 aromatic heterocycles. The predicted molar refractivity (Wildman–Crippen MR) is 46.3 cm³/mol. The van der Waals surface area contributed by atoms with Gasteiger partial charge in [-0.3, -0.25) is 4.98 Å². The molecule has 0 bridgehead atoms. The van der Waals surface area contributed by atoms with Crippen molar-refractivity contribution in [3.63, 3.8) is 0 Å². The van der Waals surface area contributed by atoms with E-state index in [-0.39, 0.29) is 0 Å². The first-order chi connectivity index (χ1) is 5.34. The maximum Gasteiger partial charge on any atom is 0.0404 e. The molecule has 0 aliphatic rings. The highest BCUT2D eigenvalue weighted by atomic mass is 14.7. The molecule has 2 heteroatoms. The monoisotopic (exact) mass is 150 g/mol. The van der Waals surface area contributed by atoms with Gasteiger partial charge >= 0.3 is 0 Å². The third-order valence-corrected chi connectivity index (χ3v) is 1.77. The summed E-state index contributed by atoms with van der Waals surface area (Å²) in [6.45, 7) is 2.79. The highest BCUT2D eigenvalue weighted by Gasteiger charge is 1.95. The molecule has 0 radical (unpaired) electrons. The average molecular weight is 150 g/mol. The number of aryl methyl sites for hydroxylation is 2. The van der Waals surface area contributed by atoms with E-state index in [0.717, 1.165) is 25.1 Å². The second-order valence-electron chi connectivity index (χ2n) is 2.64. The summed E-state index contributed by atoms with van der Waals surface area (Å²) in [5.74, 6) is 0. The minimum absolute atomic E-state index is 0.758. The van der Waals surface area contributed by atoms with Crippen LogP contribution in [-0.2, 0) is 6.42 Å². The smallest absolute Gasteiger partial charge is 0.0404 e. The van der Waals surface area contributed by atoms with Crippen LogP contribution in [0.25, 0.3) is 0 Å². The van der Waals surface area contributed by atoms with Crippen molar-refractivity contribution in [1.29, 1.82) is 0 Å². The Labute approximate surface area is 67.5 Å². The van der Waals surface area contributed by atoms with E-state index in [9.17, 15) is 0 Å². The number of hydrogen-bond acceptors (Lipinski definition) is 2. The molecule has 1 heterocycles. The molecular weight excluding hydrogens is 136 g/mol. The lowest BCUT2D eigenvalue weighted by atomic mass is 10.1. The van der Waals surface area contributed by atoms with Crippen LogP contribution in [0.1, 0.15) is 17.7 Å². The van der Waals surface area contributed by atoms with Gasteiger partial charge in [0.15, 0.2) is 0 Å². The molecule has 0 saturated carbocycles. The van der Waals surface area contributed by atoms with E-state index >= 15 is 0 Å². The molecule has 0 fully saturated rings. The van der Waals surface area contributed by atoms with Gasteiger partial charge in [-0.1, -0.05) is 6.07 Å². The molecule has 0 spiro atoms. The van der Waals surface area contributed by atoms with Gasteiger partial charge in [0, 0.05) is 11.9 Å². The van der Waals surface area contributed by atoms with Gasteiger partial charge in [-0.15, -0.1) is 0 Å². The number of aromatic nitrogens is 1. The van der Waals surface area contributed by atoms with Crippen LogP contribution in [-0.4, -0.2) is 11.5 Å². The van der Waals surface area contributed by atoms with Crippen molar-refractivity contribution in [2.75, 3.05) is 6.54 Å². The zero-order valence-corrected chi connectivity index (χ0v) is 6.88. The molecule has 0 aromatic carbocycles. The van der Waals surface area contributed by atoms with E-state index in [1.54, 1.807) is 0 Å². The van der Waals surface area contributed by atoms with Gasteiger partial charge in [0.25, 0.3) is 0 Å². The van der Waals surface area contributed by atoms with Gasteiger partial charge in [-0.25, -0.2) is 0 Å². The highest BCUT2D eigenvalue weighted by Crippen LogP contribution is 2.05. The molecule has 1 aromatic rings. The van der Waals surface area contributed by atoms with Crippen molar-refractivity contribution in [2.45, 2.75) is 19.8 Å². The molecule has 0 aliphatic carbocycles. The van der Waals surface area contributed by atoms with E-state index < -0.39 is 0 Å². The molecule has 11 heavy (non-hydrogen) atoms. The first kappa shape index (κ1) is 8.21.